The van der Waals surface area contributed by atoms with E-state index in [2.05, 4.69) is 13.8 Å². The minimum Gasteiger partial charge on any atom is -0.443 e. The molecule has 1 saturated heterocycles. The molecular weight excluding hydrogens is 282 g/mol. The zero-order valence-electron chi connectivity index (χ0n) is 12.9. The second-order valence-corrected chi connectivity index (χ2v) is 7.98. The van der Waals surface area contributed by atoms with Crippen molar-refractivity contribution in [1.29, 1.82) is 0 Å². The van der Waals surface area contributed by atoms with Gasteiger partial charge in [0.05, 0.1) is 12.6 Å². The quantitative estimate of drug-likeness (QED) is 0.798. The maximum absolute atomic E-state index is 12.0. The summed E-state index contributed by atoms with van der Waals surface area (Å²) in [5.41, 5.74) is -0.738. The van der Waals surface area contributed by atoms with Crippen molar-refractivity contribution in [3.63, 3.8) is 0 Å². The van der Waals surface area contributed by atoms with Crippen LogP contribution in [0.4, 0.5) is 4.79 Å². The van der Waals surface area contributed by atoms with E-state index in [1.165, 1.54) is 0 Å². The number of carbonyl (C=O) groups is 1. The summed E-state index contributed by atoms with van der Waals surface area (Å²) in [4.78, 5) is 12.0. The summed E-state index contributed by atoms with van der Waals surface area (Å²) in [6.07, 6.45) is 1.57. The summed E-state index contributed by atoms with van der Waals surface area (Å²) in [5, 5.41) is 0. The highest BCUT2D eigenvalue weighted by Gasteiger charge is 2.44. The molecule has 0 aliphatic carbocycles. The van der Waals surface area contributed by atoms with Crippen LogP contribution in [0.1, 0.15) is 53.9 Å². The van der Waals surface area contributed by atoms with Crippen molar-refractivity contribution in [2.45, 2.75) is 65.5 Å². The molecule has 0 unspecified atom stereocenters. The molecule has 0 aromatic rings. The lowest BCUT2D eigenvalue weighted by Gasteiger charge is -2.26. The van der Waals surface area contributed by atoms with E-state index in [0.29, 0.717) is 12.3 Å². The molecule has 1 rings (SSSR count). The van der Waals surface area contributed by atoms with Gasteiger partial charge in [-0.25, -0.2) is 4.79 Å². The van der Waals surface area contributed by atoms with Gasteiger partial charge in [-0.3, -0.25) is 4.18 Å². The largest absolute Gasteiger partial charge is 0.443 e. The standard InChI is InChI=1S/C13H25NO5S/c1-10(2)7-6-8-11-9-18-20(16,17)14(11)12(15)19-13(3,4)5/h10-11H,6-9H2,1-5H3/t11-/m0/s1. The third-order valence-corrected chi connectivity index (χ3v) is 4.24. The Kier molecular flexibility index (Phi) is 5.43. The molecule has 1 fully saturated rings. The SMILES string of the molecule is CC(C)CCC[C@H]1COS(=O)(=O)N1C(=O)OC(C)(C)C. The van der Waals surface area contributed by atoms with Crippen molar-refractivity contribution in [2.24, 2.45) is 5.92 Å². The molecule has 6 nitrogen and oxygen atoms in total. The minimum absolute atomic E-state index is 0.0136. The van der Waals surface area contributed by atoms with Gasteiger partial charge in [-0.1, -0.05) is 26.7 Å². The number of carbonyl (C=O) groups excluding carboxylic acids is 1. The molecule has 0 spiro atoms. The number of hydrogen-bond donors (Lipinski definition) is 0. The first-order valence-electron chi connectivity index (χ1n) is 6.94. The van der Waals surface area contributed by atoms with E-state index in [1.54, 1.807) is 20.8 Å². The fourth-order valence-electron chi connectivity index (χ4n) is 1.98. The molecule has 1 amide bonds. The maximum atomic E-state index is 12.0. The van der Waals surface area contributed by atoms with E-state index in [0.717, 1.165) is 17.1 Å². The number of rotatable bonds is 4. The molecular formula is C13H25NO5S. The second-order valence-electron chi connectivity index (χ2n) is 6.50. The summed E-state index contributed by atoms with van der Waals surface area (Å²) in [7, 11) is -4.00. The van der Waals surface area contributed by atoms with E-state index < -0.39 is 28.0 Å². The maximum Gasteiger partial charge on any atom is 0.426 e. The van der Waals surface area contributed by atoms with Crippen LogP contribution in [0, 0.1) is 5.92 Å². The molecule has 0 N–H and O–H groups in total. The Hall–Kier alpha value is -0.820. The Balaban J connectivity index is 2.73. The lowest BCUT2D eigenvalue weighted by atomic mass is 10.0. The monoisotopic (exact) mass is 307 g/mol. The Labute approximate surface area is 121 Å². The highest BCUT2D eigenvalue weighted by molar-refractivity contribution is 7.85. The lowest BCUT2D eigenvalue weighted by Crippen LogP contribution is -2.42. The number of ether oxygens (including phenoxy) is 1. The van der Waals surface area contributed by atoms with Gasteiger partial charge in [0.25, 0.3) is 0 Å². The van der Waals surface area contributed by atoms with Crippen LogP contribution in [0.2, 0.25) is 0 Å². The van der Waals surface area contributed by atoms with Crippen LogP contribution in [-0.4, -0.2) is 37.1 Å². The number of nitrogens with zero attached hydrogens (tertiary/aromatic N) is 1. The van der Waals surface area contributed by atoms with Gasteiger partial charge in [0.1, 0.15) is 5.60 Å². The molecule has 7 heteroatoms. The van der Waals surface area contributed by atoms with Gasteiger partial charge in [-0.15, -0.1) is 0 Å². The van der Waals surface area contributed by atoms with Gasteiger partial charge in [0, 0.05) is 0 Å². The molecule has 1 aliphatic rings. The average molecular weight is 307 g/mol. The highest BCUT2D eigenvalue weighted by Crippen LogP contribution is 2.26. The highest BCUT2D eigenvalue weighted by atomic mass is 32.2. The van der Waals surface area contributed by atoms with E-state index in [9.17, 15) is 13.2 Å². The Morgan fingerprint density at radius 3 is 2.50 bits per heavy atom. The fraction of sp³-hybridized carbons (Fsp3) is 0.923. The van der Waals surface area contributed by atoms with E-state index in [-0.39, 0.29) is 6.61 Å². The van der Waals surface area contributed by atoms with E-state index >= 15 is 0 Å². The molecule has 1 atom stereocenters. The molecule has 0 saturated carbocycles. The second kappa shape index (κ2) is 6.30. The van der Waals surface area contributed by atoms with Crippen LogP contribution < -0.4 is 0 Å². The Morgan fingerprint density at radius 1 is 1.40 bits per heavy atom. The molecule has 118 valence electrons. The van der Waals surface area contributed by atoms with Crippen LogP contribution in [-0.2, 0) is 19.2 Å². The zero-order chi connectivity index (χ0) is 15.6. The van der Waals surface area contributed by atoms with Crippen molar-refractivity contribution in [3.8, 4) is 0 Å². The van der Waals surface area contributed by atoms with Crippen molar-refractivity contribution in [1.82, 2.24) is 4.31 Å². The number of hydrogen-bond acceptors (Lipinski definition) is 5. The normalized spacial score (nSPS) is 22.3. The fourth-order valence-corrected chi connectivity index (χ4v) is 3.18. The third-order valence-electron chi connectivity index (χ3n) is 2.87. The molecule has 0 aromatic carbocycles. The van der Waals surface area contributed by atoms with Crippen molar-refractivity contribution >= 4 is 16.4 Å². The summed E-state index contributed by atoms with van der Waals surface area (Å²) in [6, 6.07) is -0.464. The molecule has 20 heavy (non-hydrogen) atoms. The molecule has 1 aliphatic heterocycles. The zero-order valence-corrected chi connectivity index (χ0v) is 13.7. The van der Waals surface area contributed by atoms with Gasteiger partial charge >= 0.3 is 16.4 Å². The van der Waals surface area contributed by atoms with Gasteiger partial charge in [0.15, 0.2) is 0 Å². The average Bonchev–Trinajstić information content (AvgIpc) is 2.50. The minimum atomic E-state index is -4.00. The molecule has 0 radical (unpaired) electrons. The van der Waals surface area contributed by atoms with Crippen LogP contribution in [0.3, 0.4) is 0 Å². The predicted molar refractivity (Wildman–Crippen MR) is 75.4 cm³/mol. The van der Waals surface area contributed by atoms with Gasteiger partial charge in [0.2, 0.25) is 0 Å². The van der Waals surface area contributed by atoms with Gasteiger partial charge in [-0.05, 0) is 33.1 Å². The third kappa shape index (κ3) is 4.94. The smallest absolute Gasteiger partial charge is 0.426 e. The van der Waals surface area contributed by atoms with Crippen LogP contribution in [0.5, 0.6) is 0 Å². The van der Waals surface area contributed by atoms with Crippen LogP contribution in [0.15, 0.2) is 0 Å². The van der Waals surface area contributed by atoms with Gasteiger partial charge in [-0.2, -0.15) is 12.7 Å². The number of amides is 1. The van der Waals surface area contributed by atoms with Crippen molar-refractivity contribution < 1.29 is 22.1 Å². The summed E-state index contributed by atoms with van der Waals surface area (Å²) < 4.78 is 34.2. The summed E-state index contributed by atoms with van der Waals surface area (Å²) >= 11 is 0. The molecule has 0 bridgehead atoms. The summed E-state index contributed by atoms with van der Waals surface area (Å²) in [5.74, 6) is 0.545. The Bertz CT molecular complexity index is 438. The first kappa shape index (κ1) is 17.2. The first-order chi connectivity index (χ1) is 9.03. The van der Waals surface area contributed by atoms with Crippen molar-refractivity contribution in [2.75, 3.05) is 6.61 Å². The lowest BCUT2D eigenvalue weighted by molar-refractivity contribution is 0.0351. The van der Waals surface area contributed by atoms with Crippen molar-refractivity contribution in [3.05, 3.63) is 0 Å². The van der Waals surface area contributed by atoms with Gasteiger partial charge < -0.3 is 4.74 Å². The van der Waals surface area contributed by atoms with Crippen LogP contribution >= 0.6 is 0 Å². The first-order valence-corrected chi connectivity index (χ1v) is 8.31. The molecule has 0 aromatic heterocycles. The predicted octanol–water partition coefficient (Wildman–Crippen LogP) is 2.69. The Morgan fingerprint density at radius 2 is 2.00 bits per heavy atom. The summed E-state index contributed by atoms with van der Waals surface area (Å²) in [6.45, 7) is 9.31. The van der Waals surface area contributed by atoms with E-state index in [4.69, 9.17) is 8.92 Å². The van der Waals surface area contributed by atoms with E-state index in [1.807, 2.05) is 0 Å². The van der Waals surface area contributed by atoms with Crippen LogP contribution in [0.25, 0.3) is 0 Å². The topological polar surface area (TPSA) is 72.9 Å². The molecule has 1 heterocycles.